The number of benzene rings is 1. The summed E-state index contributed by atoms with van der Waals surface area (Å²) in [4.78, 5) is 10.3. The normalized spacial score (nSPS) is 11.0. The zero-order chi connectivity index (χ0) is 14.8. The molecule has 0 saturated heterocycles. The molecule has 1 aromatic carbocycles. The number of rotatable bonds is 4. The highest BCUT2D eigenvalue weighted by Gasteiger charge is 2.13. The molecule has 3 nitrogen and oxygen atoms in total. The van der Waals surface area contributed by atoms with Crippen LogP contribution in [0.5, 0.6) is 0 Å². The van der Waals surface area contributed by atoms with E-state index >= 15 is 0 Å². The molecule has 108 valence electrons. The van der Waals surface area contributed by atoms with Crippen LogP contribution >= 0.6 is 22.9 Å². The van der Waals surface area contributed by atoms with Gasteiger partial charge in [0.05, 0.1) is 15.4 Å². The van der Waals surface area contributed by atoms with Crippen molar-refractivity contribution in [2.75, 3.05) is 11.9 Å². The first kappa shape index (κ1) is 14.3. The molecule has 21 heavy (non-hydrogen) atoms. The molecule has 3 aromatic rings. The lowest BCUT2D eigenvalue weighted by atomic mass is 10.1. The third-order valence-electron chi connectivity index (χ3n) is 3.29. The fourth-order valence-electron chi connectivity index (χ4n) is 2.28. The van der Waals surface area contributed by atoms with Gasteiger partial charge in [-0.3, -0.25) is 0 Å². The minimum absolute atomic E-state index is 0.687. The molecule has 0 fully saturated rings. The molecule has 5 heteroatoms. The van der Waals surface area contributed by atoms with Crippen molar-refractivity contribution < 1.29 is 0 Å². The molecule has 0 aliphatic carbocycles. The quantitative estimate of drug-likeness (QED) is 0.723. The highest BCUT2D eigenvalue weighted by molar-refractivity contribution is 7.14. The molecular formula is C16H16ClN3S. The molecule has 0 amide bonds. The summed E-state index contributed by atoms with van der Waals surface area (Å²) in [5.74, 6) is 1.58. The molecule has 1 N–H and O–H groups in total. The number of aryl methyl sites for hydroxylation is 1. The monoisotopic (exact) mass is 317 g/mol. The number of thiophene rings is 1. The number of nitrogens with zero attached hydrogens (tertiary/aromatic N) is 2. The van der Waals surface area contributed by atoms with Gasteiger partial charge in [-0.05, 0) is 36.4 Å². The summed E-state index contributed by atoms with van der Waals surface area (Å²) in [6.07, 6.45) is 1.05. The average Bonchev–Trinajstić information content (AvgIpc) is 2.90. The van der Waals surface area contributed by atoms with Crippen LogP contribution in [0.3, 0.4) is 0 Å². The Balaban J connectivity index is 2.22. The number of nitrogens with one attached hydrogen (secondary N) is 1. The predicted molar refractivity (Wildman–Crippen MR) is 91.4 cm³/mol. The van der Waals surface area contributed by atoms with Gasteiger partial charge in [0.15, 0.2) is 5.82 Å². The fraction of sp³-hybridized carbons (Fsp3) is 0.250. The van der Waals surface area contributed by atoms with E-state index < -0.39 is 0 Å². The molecule has 0 aliphatic rings. The number of halogens is 1. The lowest BCUT2D eigenvalue weighted by Gasteiger charge is -2.11. The number of aromatic nitrogens is 2. The van der Waals surface area contributed by atoms with Crippen LogP contribution < -0.4 is 5.32 Å². The van der Waals surface area contributed by atoms with Crippen molar-refractivity contribution in [3.05, 3.63) is 40.2 Å². The van der Waals surface area contributed by atoms with E-state index in [2.05, 4.69) is 30.2 Å². The number of hydrogen-bond donors (Lipinski definition) is 1. The topological polar surface area (TPSA) is 37.8 Å². The predicted octanol–water partition coefficient (Wildman–Crippen LogP) is 5.14. The number of fused-ring (bicyclic) bond motifs is 1. The molecule has 0 atom stereocenters. The van der Waals surface area contributed by atoms with E-state index in [0.717, 1.165) is 34.6 Å². The van der Waals surface area contributed by atoms with Gasteiger partial charge >= 0.3 is 0 Å². The lowest BCUT2D eigenvalue weighted by Crippen LogP contribution is -2.05. The SMILES string of the molecule is CCCNc1nc(-c2sccc2Cl)nc2cccc(C)c12. The Kier molecular flexibility index (Phi) is 4.08. The van der Waals surface area contributed by atoms with Crippen molar-refractivity contribution in [3.8, 4) is 10.7 Å². The maximum absolute atomic E-state index is 6.22. The Morgan fingerprint density at radius 3 is 2.81 bits per heavy atom. The minimum Gasteiger partial charge on any atom is -0.369 e. The second-order valence-electron chi connectivity index (χ2n) is 4.89. The van der Waals surface area contributed by atoms with Crippen LogP contribution in [0.1, 0.15) is 18.9 Å². The van der Waals surface area contributed by atoms with Gasteiger partial charge < -0.3 is 5.32 Å². The van der Waals surface area contributed by atoms with E-state index in [1.165, 1.54) is 5.56 Å². The van der Waals surface area contributed by atoms with E-state index in [1.54, 1.807) is 11.3 Å². The highest BCUT2D eigenvalue weighted by atomic mass is 35.5. The Hall–Kier alpha value is -1.65. The maximum Gasteiger partial charge on any atom is 0.173 e. The zero-order valence-corrected chi connectivity index (χ0v) is 13.6. The Labute approximate surface area is 133 Å². The van der Waals surface area contributed by atoms with E-state index in [1.807, 2.05) is 23.6 Å². The van der Waals surface area contributed by atoms with Gasteiger partial charge in [0, 0.05) is 11.9 Å². The molecule has 0 bridgehead atoms. The Bertz CT molecular complexity index is 782. The van der Waals surface area contributed by atoms with Crippen LogP contribution in [0.2, 0.25) is 5.02 Å². The van der Waals surface area contributed by atoms with Crippen molar-refractivity contribution in [3.63, 3.8) is 0 Å². The van der Waals surface area contributed by atoms with Crippen molar-refractivity contribution in [1.29, 1.82) is 0 Å². The van der Waals surface area contributed by atoms with Crippen molar-refractivity contribution in [2.24, 2.45) is 0 Å². The van der Waals surface area contributed by atoms with Gasteiger partial charge in [0.1, 0.15) is 5.82 Å². The number of hydrogen-bond acceptors (Lipinski definition) is 4. The van der Waals surface area contributed by atoms with Crippen LogP contribution in [0.15, 0.2) is 29.6 Å². The largest absolute Gasteiger partial charge is 0.369 e. The van der Waals surface area contributed by atoms with Crippen LogP contribution in [0, 0.1) is 6.92 Å². The van der Waals surface area contributed by atoms with E-state index in [9.17, 15) is 0 Å². The van der Waals surface area contributed by atoms with Crippen LogP contribution in [0.25, 0.3) is 21.6 Å². The van der Waals surface area contributed by atoms with Crippen LogP contribution in [0.4, 0.5) is 5.82 Å². The smallest absolute Gasteiger partial charge is 0.173 e. The van der Waals surface area contributed by atoms with Crippen LogP contribution in [-0.4, -0.2) is 16.5 Å². The molecule has 0 aliphatic heterocycles. The number of anilines is 1. The van der Waals surface area contributed by atoms with E-state index in [4.69, 9.17) is 16.6 Å². The minimum atomic E-state index is 0.687. The molecule has 3 rings (SSSR count). The average molecular weight is 318 g/mol. The second-order valence-corrected chi connectivity index (χ2v) is 6.21. The van der Waals surface area contributed by atoms with E-state index in [-0.39, 0.29) is 0 Å². The first-order valence-electron chi connectivity index (χ1n) is 6.95. The maximum atomic E-state index is 6.22. The summed E-state index contributed by atoms with van der Waals surface area (Å²) in [6, 6.07) is 8.01. The van der Waals surface area contributed by atoms with Gasteiger partial charge in [0.2, 0.25) is 0 Å². The van der Waals surface area contributed by atoms with Crippen molar-refractivity contribution in [2.45, 2.75) is 20.3 Å². The molecule has 0 radical (unpaired) electrons. The molecule has 0 saturated carbocycles. The molecule has 0 spiro atoms. The van der Waals surface area contributed by atoms with Crippen molar-refractivity contribution in [1.82, 2.24) is 9.97 Å². The standard InChI is InChI=1S/C16H16ClN3S/c1-3-8-18-15-13-10(2)5-4-6-12(13)19-16(20-15)14-11(17)7-9-21-14/h4-7,9H,3,8H2,1-2H3,(H,18,19,20). The summed E-state index contributed by atoms with van der Waals surface area (Å²) < 4.78 is 0. The molecule has 2 aromatic heterocycles. The molecule has 2 heterocycles. The third-order valence-corrected chi connectivity index (χ3v) is 4.63. The van der Waals surface area contributed by atoms with Crippen LogP contribution in [-0.2, 0) is 0 Å². The summed E-state index contributed by atoms with van der Waals surface area (Å²) in [5, 5.41) is 7.16. The fourth-order valence-corrected chi connectivity index (χ4v) is 3.35. The Morgan fingerprint density at radius 1 is 1.24 bits per heavy atom. The third kappa shape index (κ3) is 2.74. The summed E-state index contributed by atoms with van der Waals surface area (Å²) in [6.45, 7) is 5.11. The summed E-state index contributed by atoms with van der Waals surface area (Å²) in [5.41, 5.74) is 2.12. The lowest BCUT2D eigenvalue weighted by molar-refractivity contribution is 0.970. The van der Waals surface area contributed by atoms with Gasteiger partial charge in [-0.15, -0.1) is 11.3 Å². The van der Waals surface area contributed by atoms with Gasteiger partial charge in [-0.25, -0.2) is 9.97 Å². The summed E-state index contributed by atoms with van der Waals surface area (Å²) >= 11 is 7.79. The Morgan fingerprint density at radius 2 is 2.10 bits per heavy atom. The van der Waals surface area contributed by atoms with Gasteiger partial charge in [0.25, 0.3) is 0 Å². The zero-order valence-electron chi connectivity index (χ0n) is 12.0. The van der Waals surface area contributed by atoms with E-state index in [0.29, 0.717) is 10.8 Å². The molecular weight excluding hydrogens is 302 g/mol. The summed E-state index contributed by atoms with van der Waals surface area (Å²) in [7, 11) is 0. The second kappa shape index (κ2) is 6.00. The van der Waals surface area contributed by atoms with Crippen molar-refractivity contribution >= 4 is 39.7 Å². The first-order valence-corrected chi connectivity index (χ1v) is 8.21. The molecule has 0 unspecified atom stereocenters. The highest BCUT2D eigenvalue weighted by Crippen LogP contribution is 2.34. The van der Waals surface area contributed by atoms with Gasteiger partial charge in [-0.2, -0.15) is 0 Å². The first-order chi connectivity index (χ1) is 10.2. The van der Waals surface area contributed by atoms with Gasteiger partial charge in [-0.1, -0.05) is 30.7 Å².